The summed E-state index contributed by atoms with van der Waals surface area (Å²) < 4.78 is 27.1. The van der Waals surface area contributed by atoms with Gasteiger partial charge in [-0.05, 0) is 43.2 Å². The predicted octanol–water partition coefficient (Wildman–Crippen LogP) is 6.61. The van der Waals surface area contributed by atoms with Crippen LogP contribution in [0.3, 0.4) is 0 Å². The molecule has 0 unspecified atom stereocenters. The van der Waals surface area contributed by atoms with Crippen molar-refractivity contribution in [3.8, 4) is 11.3 Å². The van der Waals surface area contributed by atoms with E-state index < -0.39 is 10.0 Å². The molecule has 3 aromatic rings. The fourth-order valence-electron chi connectivity index (χ4n) is 3.27. The Morgan fingerprint density at radius 3 is 2.23 bits per heavy atom. The summed E-state index contributed by atoms with van der Waals surface area (Å²) in [6, 6.07) is 12.1. The Morgan fingerprint density at radius 2 is 1.60 bits per heavy atom. The molecule has 2 aromatic carbocycles. The van der Waals surface area contributed by atoms with Crippen LogP contribution in [0.1, 0.15) is 19.3 Å². The van der Waals surface area contributed by atoms with Crippen molar-refractivity contribution in [1.82, 2.24) is 9.29 Å². The molecule has 30 heavy (non-hydrogen) atoms. The molecule has 0 atom stereocenters. The first-order valence-corrected chi connectivity index (χ1v) is 12.3. The van der Waals surface area contributed by atoms with Gasteiger partial charge in [-0.15, -0.1) is 28.3 Å². The van der Waals surface area contributed by atoms with Gasteiger partial charge in [-0.2, -0.15) is 4.31 Å². The number of aromatic nitrogens is 1. The minimum Gasteiger partial charge on any atom is -0.331 e. The molecular weight excluding hydrogens is 529 g/mol. The van der Waals surface area contributed by atoms with Crippen molar-refractivity contribution in [1.29, 1.82) is 0 Å². The van der Waals surface area contributed by atoms with Gasteiger partial charge in [0.1, 0.15) is 0 Å². The normalized spacial score (nSPS) is 14.9. The molecule has 1 aliphatic rings. The lowest BCUT2D eigenvalue weighted by Gasteiger charge is -2.25. The lowest BCUT2D eigenvalue weighted by atomic mass is 10.2. The number of thiazole rings is 1. The number of hydrogen-bond donors (Lipinski definition) is 1. The number of nitrogens with one attached hydrogen (secondary N) is 1. The molecule has 0 aliphatic carbocycles. The molecule has 1 aliphatic heterocycles. The maximum Gasteiger partial charge on any atom is 0.243 e. The van der Waals surface area contributed by atoms with E-state index in [4.69, 9.17) is 23.2 Å². The van der Waals surface area contributed by atoms with Crippen LogP contribution in [0.25, 0.3) is 11.3 Å². The standard InChI is InChI=1S/C20H19Cl2N3O2S2.BrH/c21-15-10-16(22)12-17(11-15)23-20-24-19(13-28-20)14-4-6-18(7-5-14)29(26,27)25-8-2-1-3-9-25;/h4-7,10-13H,1-3,8-9H2,(H,23,24);1H. The van der Waals surface area contributed by atoms with Crippen molar-refractivity contribution in [3.05, 3.63) is 57.9 Å². The van der Waals surface area contributed by atoms with Gasteiger partial charge < -0.3 is 5.32 Å². The summed E-state index contributed by atoms with van der Waals surface area (Å²) in [5, 5.41) is 6.89. The van der Waals surface area contributed by atoms with Crippen LogP contribution >= 0.6 is 51.5 Å². The first kappa shape index (κ1) is 23.5. The molecule has 5 nitrogen and oxygen atoms in total. The van der Waals surface area contributed by atoms with Crippen LogP contribution in [0.2, 0.25) is 10.0 Å². The second-order valence-electron chi connectivity index (χ2n) is 6.81. The van der Waals surface area contributed by atoms with E-state index in [2.05, 4.69) is 10.3 Å². The zero-order chi connectivity index (χ0) is 20.4. The SMILES string of the molecule is Br.O=S(=O)(c1ccc(-c2csc(Nc3cc(Cl)cc(Cl)c3)n2)cc1)N1CCCCC1. The third-order valence-electron chi connectivity index (χ3n) is 4.72. The van der Waals surface area contributed by atoms with Gasteiger partial charge in [0, 0.05) is 39.8 Å². The fourth-order valence-corrected chi connectivity index (χ4v) is 6.05. The summed E-state index contributed by atoms with van der Waals surface area (Å²) in [7, 11) is -3.43. The molecule has 0 bridgehead atoms. The fraction of sp³-hybridized carbons (Fsp3) is 0.250. The highest BCUT2D eigenvalue weighted by Crippen LogP contribution is 2.30. The Morgan fingerprint density at radius 1 is 0.967 bits per heavy atom. The monoisotopic (exact) mass is 547 g/mol. The number of benzene rings is 2. The largest absolute Gasteiger partial charge is 0.331 e. The molecule has 10 heteroatoms. The van der Waals surface area contributed by atoms with E-state index in [0.717, 1.165) is 36.2 Å². The van der Waals surface area contributed by atoms with Crippen LogP contribution in [0.15, 0.2) is 52.7 Å². The van der Waals surface area contributed by atoms with E-state index in [9.17, 15) is 8.42 Å². The van der Waals surface area contributed by atoms with Gasteiger partial charge >= 0.3 is 0 Å². The van der Waals surface area contributed by atoms with Crippen molar-refractivity contribution in [2.45, 2.75) is 24.2 Å². The summed E-state index contributed by atoms with van der Waals surface area (Å²) >= 11 is 13.5. The van der Waals surface area contributed by atoms with Gasteiger partial charge in [-0.25, -0.2) is 13.4 Å². The Balaban J connectivity index is 0.00000256. The van der Waals surface area contributed by atoms with E-state index in [1.807, 2.05) is 5.38 Å². The Labute approximate surface area is 200 Å². The van der Waals surface area contributed by atoms with Crippen LogP contribution in [-0.4, -0.2) is 30.8 Å². The highest BCUT2D eigenvalue weighted by Gasteiger charge is 2.25. The predicted molar refractivity (Wildman–Crippen MR) is 130 cm³/mol. The topological polar surface area (TPSA) is 62.3 Å². The van der Waals surface area contributed by atoms with Gasteiger partial charge in [0.25, 0.3) is 0 Å². The quantitative estimate of drug-likeness (QED) is 0.389. The number of rotatable bonds is 5. The maximum absolute atomic E-state index is 12.8. The van der Waals surface area contributed by atoms with E-state index in [1.54, 1.807) is 46.8 Å². The molecule has 0 spiro atoms. The van der Waals surface area contributed by atoms with E-state index in [1.165, 1.54) is 11.3 Å². The second-order valence-corrected chi connectivity index (χ2v) is 10.5. The number of halogens is 3. The first-order chi connectivity index (χ1) is 13.9. The maximum atomic E-state index is 12.8. The smallest absolute Gasteiger partial charge is 0.243 e. The second kappa shape index (κ2) is 9.97. The molecule has 160 valence electrons. The van der Waals surface area contributed by atoms with Crippen LogP contribution < -0.4 is 5.32 Å². The lowest BCUT2D eigenvalue weighted by Crippen LogP contribution is -2.35. The van der Waals surface area contributed by atoms with Crippen molar-refractivity contribution >= 4 is 72.4 Å². The molecule has 1 N–H and O–H groups in total. The summed E-state index contributed by atoms with van der Waals surface area (Å²) in [5.74, 6) is 0. The minimum atomic E-state index is -3.43. The number of hydrogen-bond acceptors (Lipinski definition) is 5. The summed E-state index contributed by atoms with van der Waals surface area (Å²) in [4.78, 5) is 4.90. The van der Waals surface area contributed by atoms with Crippen LogP contribution in [-0.2, 0) is 10.0 Å². The highest BCUT2D eigenvalue weighted by molar-refractivity contribution is 8.93. The number of anilines is 2. The van der Waals surface area contributed by atoms with Gasteiger partial charge in [0.2, 0.25) is 10.0 Å². The molecule has 2 heterocycles. The average molecular weight is 549 g/mol. The summed E-state index contributed by atoms with van der Waals surface area (Å²) in [6.45, 7) is 1.19. The third-order valence-corrected chi connectivity index (χ3v) is 7.83. The van der Waals surface area contributed by atoms with Crippen LogP contribution in [0, 0.1) is 0 Å². The van der Waals surface area contributed by atoms with E-state index in [-0.39, 0.29) is 17.0 Å². The van der Waals surface area contributed by atoms with Crippen molar-refractivity contribution < 1.29 is 8.42 Å². The molecule has 1 aromatic heterocycles. The van der Waals surface area contributed by atoms with Crippen LogP contribution in [0.4, 0.5) is 10.8 Å². The minimum absolute atomic E-state index is 0. The zero-order valence-corrected chi connectivity index (χ0v) is 20.7. The highest BCUT2D eigenvalue weighted by atomic mass is 79.9. The van der Waals surface area contributed by atoms with Gasteiger partial charge in [0.05, 0.1) is 10.6 Å². The molecular formula is C20H20BrCl2N3O2S2. The molecule has 4 rings (SSSR count). The number of piperidine rings is 1. The van der Waals surface area contributed by atoms with Gasteiger partial charge in [0.15, 0.2) is 5.13 Å². The number of nitrogens with zero attached hydrogens (tertiary/aromatic N) is 2. The first-order valence-electron chi connectivity index (χ1n) is 9.21. The third kappa shape index (κ3) is 5.36. The summed E-state index contributed by atoms with van der Waals surface area (Å²) in [5.41, 5.74) is 2.38. The van der Waals surface area contributed by atoms with Crippen molar-refractivity contribution in [2.24, 2.45) is 0 Å². The zero-order valence-electron chi connectivity index (χ0n) is 15.8. The van der Waals surface area contributed by atoms with Crippen LogP contribution in [0.5, 0.6) is 0 Å². The molecule has 0 radical (unpaired) electrons. The van der Waals surface area contributed by atoms with Crippen molar-refractivity contribution in [2.75, 3.05) is 18.4 Å². The average Bonchev–Trinajstić information content (AvgIpc) is 3.16. The number of sulfonamides is 1. The Kier molecular flexibility index (Phi) is 7.81. The summed E-state index contributed by atoms with van der Waals surface area (Å²) in [6.07, 6.45) is 2.93. The Bertz CT molecular complexity index is 1100. The molecule has 1 fully saturated rings. The lowest BCUT2D eigenvalue weighted by molar-refractivity contribution is 0.346. The van der Waals surface area contributed by atoms with Gasteiger partial charge in [-0.3, -0.25) is 0 Å². The van der Waals surface area contributed by atoms with Gasteiger partial charge in [-0.1, -0.05) is 41.8 Å². The van der Waals surface area contributed by atoms with E-state index in [0.29, 0.717) is 33.2 Å². The Hall–Kier alpha value is -1.16. The molecule has 0 amide bonds. The van der Waals surface area contributed by atoms with Crippen molar-refractivity contribution in [3.63, 3.8) is 0 Å². The molecule has 0 saturated carbocycles. The van der Waals surface area contributed by atoms with E-state index >= 15 is 0 Å². The molecule has 1 saturated heterocycles.